The van der Waals surface area contributed by atoms with Crippen LogP contribution in [0.5, 0.6) is 5.75 Å². The third-order valence-corrected chi connectivity index (χ3v) is 4.71. The molecule has 2 rings (SSSR count). The molecular formula is C20H25F3N5O4+. The quantitative estimate of drug-likeness (QED) is 0.167. The van der Waals surface area contributed by atoms with Gasteiger partial charge in [-0.2, -0.15) is 13.2 Å². The van der Waals surface area contributed by atoms with Crippen molar-refractivity contribution in [3.05, 3.63) is 53.3 Å². The number of pyridine rings is 1. The van der Waals surface area contributed by atoms with Gasteiger partial charge >= 0.3 is 12.1 Å². The van der Waals surface area contributed by atoms with Crippen LogP contribution in [0.1, 0.15) is 23.7 Å². The topological polar surface area (TPSA) is 158 Å². The molecule has 1 amide bonds. The molecule has 8 N–H and O–H groups in total. The number of benzene rings is 1. The van der Waals surface area contributed by atoms with Crippen molar-refractivity contribution in [1.82, 2.24) is 10.3 Å². The van der Waals surface area contributed by atoms with Crippen LogP contribution in [0.25, 0.3) is 0 Å². The van der Waals surface area contributed by atoms with Crippen LogP contribution >= 0.6 is 0 Å². The molecule has 1 heterocycles. The van der Waals surface area contributed by atoms with Crippen molar-refractivity contribution in [3.63, 3.8) is 0 Å². The standard InChI is InChI=1S/C20H24F3N5O4/c1-19(10-29,18(25)31)28-17(30)15(26-2)13-8-12(5-6-14(13)24)32-9-11-4-3-7-27-16(11)20(21,22)23/h3-8,18,29,31H,9-10,24-25H2,1-2H3,(H,28,30)/p+1. The van der Waals surface area contributed by atoms with E-state index in [1.165, 1.54) is 44.3 Å². The molecule has 0 aliphatic rings. The van der Waals surface area contributed by atoms with E-state index in [0.29, 0.717) is 0 Å². The summed E-state index contributed by atoms with van der Waals surface area (Å²) in [6, 6.07) is 6.85. The lowest BCUT2D eigenvalue weighted by molar-refractivity contribution is -0.418. The number of nitrogens with zero attached hydrogens (tertiary/aromatic N) is 1. The van der Waals surface area contributed by atoms with Gasteiger partial charge in [-0.05, 0) is 31.2 Å². The Morgan fingerprint density at radius 2 is 2.03 bits per heavy atom. The SMILES string of the molecule is C[NH+]=C(C(=O)NC(C)(CO)C(N)O)c1cc(OCc2cccnc2C(F)(F)F)ccc1N. The van der Waals surface area contributed by atoms with E-state index in [1.807, 2.05) is 0 Å². The van der Waals surface area contributed by atoms with Crippen LogP contribution in [0.4, 0.5) is 18.9 Å². The average Bonchev–Trinajstić information content (AvgIpc) is 2.73. The van der Waals surface area contributed by atoms with E-state index < -0.39 is 42.8 Å². The summed E-state index contributed by atoms with van der Waals surface area (Å²) in [5.41, 5.74) is 8.97. The van der Waals surface area contributed by atoms with Crippen LogP contribution in [-0.2, 0) is 17.6 Å². The van der Waals surface area contributed by atoms with Gasteiger partial charge in [-0.25, -0.2) is 4.99 Å². The molecule has 0 radical (unpaired) electrons. The normalized spacial score (nSPS) is 15.1. The van der Waals surface area contributed by atoms with Gasteiger partial charge in [0.1, 0.15) is 25.6 Å². The number of rotatable bonds is 8. The molecule has 0 fully saturated rings. The Hall–Kier alpha value is -3.22. The van der Waals surface area contributed by atoms with Crippen molar-refractivity contribution in [2.75, 3.05) is 19.4 Å². The summed E-state index contributed by atoms with van der Waals surface area (Å²) in [4.78, 5) is 18.8. The van der Waals surface area contributed by atoms with Crippen LogP contribution < -0.4 is 26.5 Å². The van der Waals surface area contributed by atoms with Gasteiger partial charge in [0.05, 0.1) is 17.7 Å². The highest BCUT2D eigenvalue weighted by Crippen LogP contribution is 2.31. The Morgan fingerprint density at radius 3 is 2.59 bits per heavy atom. The summed E-state index contributed by atoms with van der Waals surface area (Å²) in [5.74, 6) is -0.584. The molecule has 174 valence electrons. The fourth-order valence-corrected chi connectivity index (χ4v) is 2.71. The molecule has 0 saturated carbocycles. The lowest BCUT2D eigenvalue weighted by Crippen LogP contribution is -2.73. The third-order valence-electron chi connectivity index (χ3n) is 4.71. The Balaban J connectivity index is 2.28. The molecule has 1 aromatic carbocycles. The number of nitrogens with two attached hydrogens (primary N) is 2. The molecule has 2 atom stereocenters. The van der Waals surface area contributed by atoms with Gasteiger partial charge in [-0.1, -0.05) is 6.07 Å². The Bertz CT molecular complexity index is 997. The molecule has 0 saturated heterocycles. The van der Waals surface area contributed by atoms with Crippen molar-refractivity contribution >= 4 is 17.3 Å². The average molecular weight is 456 g/mol. The first-order valence-corrected chi connectivity index (χ1v) is 9.38. The fraction of sp³-hybridized carbons (Fsp3) is 0.350. The van der Waals surface area contributed by atoms with Crippen molar-refractivity contribution < 1.29 is 37.9 Å². The van der Waals surface area contributed by atoms with Gasteiger partial charge < -0.3 is 31.7 Å². The second-order valence-electron chi connectivity index (χ2n) is 7.15. The number of anilines is 1. The van der Waals surface area contributed by atoms with Gasteiger partial charge in [0, 0.05) is 17.4 Å². The van der Waals surface area contributed by atoms with Crippen LogP contribution in [0.3, 0.4) is 0 Å². The van der Waals surface area contributed by atoms with Gasteiger partial charge in [-0.3, -0.25) is 9.78 Å². The highest BCUT2D eigenvalue weighted by Gasteiger charge is 2.36. The number of halogens is 3. The van der Waals surface area contributed by atoms with E-state index in [2.05, 4.69) is 15.3 Å². The first kappa shape index (κ1) is 25.0. The first-order chi connectivity index (χ1) is 14.9. The van der Waals surface area contributed by atoms with E-state index in [9.17, 15) is 28.2 Å². The second-order valence-corrected chi connectivity index (χ2v) is 7.15. The minimum atomic E-state index is -4.63. The highest BCUT2D eigenvalue weighted by molar-refractivity contribution is 6.44. The molecule has 0 aliphatic carbocycles. The molecule has 9 nitrogen and oxygen atoms in total. The molecule has 0 bridgehead atoms. The summed E-state index contributed by atoms with van der Waals surface area (Å²) in [5, 5.41) is 21.5. The van der Waals surface area contributed by atoms with Crippen molar-refractivity contribution in [1.29, 1.82) is 0 Å². The minimum Gasteiger partial charge on any atom is -0.489 e. The van der Waals surface area contributed by atoms with E-state index in [-0.39, 0.29) is 28.3 Å². The number of carbonyl (C=O) groups excluding carboxylic acids is 1. The fourth-order valence-electron chi connectivity index (χ4n) is 2.71. The number of aliphatic hydroxyl groups excluding tert-OH is 2. The maximum absolute atomic E-state index is 13.1. The summed E-state index contributed by atoms with van der Waals surface area (Å²) < 4.78 is 44.8. The maximum atomic E-state index is 13.1. The molecule has 1 aromatic heterocycles. The van der Waals surface area contributed by atoms with E-state index in [0.717, 1.165) is 6.20 Å². The van der Waals surface area contributed by atoms with Crippen molar-refractivity contribution in [3.8, 4) is 5.75 Å². The van der Waals surface area contributed by atoms with E-state index >= 15 is 0 Å². The number of carbonyl (C=O) groups is 1. The highest BCUT2D eigenvalue weighted by atomic mass is 19.4. The summed E-state index contributed by atoms with van der Waals surface area (Å²) in [6.45, 7) is 0.283. The number of hydrogen-bond donors (Lipinski definition) is 6. The molecule has 12 heteroatoms. The number of aromatic nitrogens is 1. The molecule has 32 heavy (non-hydrogen) atoms. The van der Waals surface area contributed by atoms with E-state index in [4.69, 9.17) is 16.2 Å². The van der Waals surface area contributed by atoms with Crippen LogP contribution in [0, 0.1) is 0 Å². The van der Waals surface area contributed by atoms with Gasteiger partial charge in [0.15, 0.2) is 5.69 Å². The van der Waals surface area contributed by atoms with Crippen LogP contribution in [0.15, 0.2) is 36.5 Å². The van der Waals surface area contributed by atoms with E-state index in [1.54, 1.807) is 0 Å². The van der Waals surface area contributed by atoms with Crippen LogP contribution in [0.2, 0.25) is 0 Å². The number of alkyl halides is 3. The first-order valence-electron chi connectivity index (χ1n) is 9.38. The lowest BCUT2D eigenvalue weighted by atomic mass is 10.00. The third kappa shape index (κ3) is 5.72. The number of nitrogen functional groups attached to an aromatic ring is 1. The lowest BCUT2D eigenvalue weighted by Gasteiger charge is -2.30. The minimum absolute atomic E-state index is 0.0365. The molecular weight excluding hydrogens is 431 g/mol. The summed E-state index contributed by atoms with van der Waals surface area (Å²) in [7, 11) is 1.45. The number of hydrogen-bond acceptors (Lipinski definition) is 7. The maximum Gasteiger partial charge on any atom is 0.433 e. The Morgan fingerprint density at radius 1 is 1.34 bits per heavy atom. The number of ether oxygens (including phenoxy) is 1. The van der Waals surface area contributed by atoms with Gasteiger partial charge in [0.25, 0.3) is 5.71 Å². The number of nitrogens with one attached hydrogen (secondary N) is 2. The smallest absolute Gasteiger partial charge is 0.433 e. The monoisotopic (exact) mass is 456 g/mol. The zero-order valence-corrected chi connectivity index (χ0v) is 17.4. The number of amides is 1. The zero-order chi connectivity index (χ0) is 24.1. The number of aliphatic hydroxyl groups is 2. The molecule has 2 unspecified atom stereocenters. The summed E-state index contributed by atoms with van der Waals surface area (Å²) in [6.07, 6.45) is -5.15. The van der Waals surface area contributed by atoms with Crippen molar-refractivity contribution in [2.45, 2.75) is 31.5 Å². The second kappa shape index (κ2) is 9.94. The molecule has 0 aliphatic heterocycles. The van der Waals surface area contributed by atoms with Crippen molar-refractivity contribution in [2.24, 2.45) is 5.73 Å². The van der Waals surface area contributed by atoms with Gasteiger partial charge in [0.2, 0.25) is 0 Å². The zero-order valence-electron chi connectivity index (χ0n) is 17.4. The van der Waals surface area contributed by atoms with Crippen LogP contribution in [-0.4, -0.2) is 52.2 Å². The van der Waals surface area contributed by atoms with Gasteiger partial charge in [-0.15, -0.1) is 0 Å². The Labute approximate surface area is 181 Å². The Kier molecular flexibility index (Phi) is 7.78. The molecule has 0 spiro atoms. The largest absolute Gasteiger partial charge is 0.489 e. The summed E-state index contributed by atoms with van der Waals surface area (Å²) >= 11 is 0. The molecule has 2 aromatic rings. The predicted octanol–water partition coefficient (Wildman–Crippen LogP) is -1.09. The predicted molar refractivity (Wildman–Crippen MR) is 109 cm³/mol.